The van der Waals surface area contributed by atoms with Crippen LogP contribution < -0.4 is 11.2 Å². The molecule has 1 aromatic carbocycles. The number of H-pyrrole nitrogens is 1. The topological polar surface area (TPSA) is 80.6 Å². The number of hydrogen-bond donors (Lipinski definition) is 1. The minimum atomic E-state index is -0.665. The maximum atomic E-state index is 11.8. The predicted molar refractivity (Wildman–Crippen MR) is 94.8 cm³/mol. The number of pyridine rings is 1. The zero-order valence-corrected chi connectivity index (χ0v) is 14.4. The second kappa shape index (κ2) is 7.61. The minimum absolute atomic E-state index is 0. The largest absolute Gasteiger partial charge is 0.349 e. The van der Waals surface area contributed by atoms with Gasteiger partial charge in [0.2, 0.25) is 0 Å². The SMILES string of the molecule is Cl.O=c1cnn(-c2cc(Cl)c(Cc3ccccn3)c(Cl)c2)c(=O)[nH]1. The fourth-order valence-corrected chi connectivity index (χ4v) is 2.71. The third-order valence-corrected chi connectivity index (χ3v) is 3.84. The molecule has 0 aliphatic heterocycles. The standard InChI is InChI=1S/C15H10Cl2N4O2.ClH/c16-12-6-10(21-15(23)20-14(22)8-19-21)7-13(17)11(12)5-9-3-1-2-4-18-9;/h1-4,6-8H,5H2,(H,20,22,23);1H. The van der Waals surface area contributed by atoms with E-state index < -0.39 is 11.2 Å². The van der Waals surface area contributed by atoms with Crippen LogP contribution in [0.5, 0.6) is 0 Å². The molecular formula is C15H11Cl3N4O2. The van der Waals surface area contributed by atoms with E-state index in [2.05, 4.69) is 15.1 Å². The van der Waals surface area contributed by atoms with Gasteiger partial charge in [0.05, 0.1) is 5.69 Å². The van der Waals surface area contributed by atoms with E-state index in [1.165, 1.54) is 0 Å². The Balaban J connectivity index is 0.00000208. The summed E-state index contributed by atoms with van der Waals surface area (Å²) >= 11 is 12.6. The van der Waals surface area contributed by atoms with Crippen LogP contribution in [0.15, 0.2) is 52.3 Å². The van der Waals surface area contributed by atoms with E-state index >= 15 is 0 Å². The van der Waals surface area contributed by atoms with Gasteiger partial charge in [-0.05, 0) is 29.8 Å². The molecule has 3 aromatic rings. The summed E-state index contributed by atoms with van der Waals surface area (Å²) in [5.41, 5.74) is 0.653. The Morgan fingerprint density at radius 3 is 2.42 bits per heavy atom. The molecule has 0 aliphatic carbocycles. The highest BCUT2D eigenvalue weighted by Crippen LogP contribution is 2.29. The Morgan fingerprint density at radius 1 is 1.12 bits per heavy atom. The van der Waals surface area contributed by atoms with Gasteiger partial charge in [-0.2, -0.15) is 9.78 Å². The molecule has 2 heterocycles. The lowest BCUT2D eigenvalue weighted by Crippen LogP contribution is -2.30. The molecule has 0 spiro atoms. The van der Waals surface area contributed by atoms with Crippen molar-refractivity contribution in [3.8, 4) is 5.69 Å². The molecule has 0 amide bonds. The van der Waals surface area contributed by atoms with E-state index in [1.807, 2.05) is 18.2 Å². The van der Waals surface area contributed by atoms with Crippen molar-refractivity contribution in [1.29, 1.82) is 0 Å². The molecule has 0 bridgehead atoms. The van der Waals surface area contributed by atoms with Crippen LogP contribution in [0.1, 0.15) is 11.3 Å². The molecule has 3 rings (SSSR count). The van der Waals surface area contributed by atoms with Crippen LogP contribution in [0.3, 0.4) is 0 Å². The smallest absolute Gasteiger partial charge is 0.271 e. The fraction of sp³-hybridized carbons (Fsp3) is 0.0667. The van der Waals surface area contributed by atoms with Gasteiger partial charge in [0.25, 0.3) is 5.56 Å². The predicted octanol–water partition coefficient (Wildman–Crippen LogP) is 2.64. The first-order chi connectivity index (χ1) is 11.0. The van der Waals surface area contributed by atoms with Gasteiger partial charge in [0, 0.05) is 28.4 Å². The van der Waals surface area contributed by atoms with Crippen LogP contribution in [-0.2, 0) is 6.42 Å². The maximum Gasteiger partial charge on any atom is 0.349 e. The lowest BCUT2D eigenvalue weighted by atomic mass is 10.1. The van der Waals surface area contributed by atoms with Crippen molar-refractivity contribution in [2.45, 2.75) is 6.42 Å². The van der Waals surface area contributed by atoms with Crippen molar-refractivity contribution in [3.05, 3.63) is 84.9 Å². The molecule has 0 atom stereocenters. The number of hydrogen-bond acceptors (Lipinski definition) is 4. The molecule has 24 heavy (non-hydrogen) atoms. The highest BCUT2D eigenvalue weighted by Gasteiger charge is 2.12. The van der Waals surface area contributed by atoms with Gasteiger partial charge in [-0.3, -0.25) is 14.8 Å². The summed E-state index contributed by atoms with van der Waals surface area (Å²) < 4.78 is 1.02. The van der Waals surface area contributed by atoms with E-state index in [0.717, 1.165) is 16.6 Å². The van der Waals surface area contributed by atoms with E-state index in [4.69, 9.17) is 23.2 Å². The van der Waals surface area contributed by atoms with Crippen LogP contribution in [-0.4, -0.2) is 19.7 Å². The zero-order valence-electron chi connectivity index (χ0n) is 12.1. The zero-order chi connectivity index (χ0) is 16.4. The fourth-order valence-electron chi connectivity index (χ4n) is 2.10. The average molecular weight is 386 g/mol. The second-order valence-corrected chi connectivity index (χ2v) is 5.55. The van der Waals surface area contributed by atoms with Gasteiger partial charge in [-0.25, -0.2) is 4.79 Å². The molecule has 1 N–H and O–H groups in total. The van der Waals surface area contributed by atoms with Crippen LogP contribution >= 0.6 is 35.6 Å². The summed E-state index contributed by atoms with van der Waals surface area (Å²) in [5, 5.41) is 4.55. The van der Waals surface area contributed by atoms with Gasteiger partial charge in [0.15, 0.2) is 0 Å². The van der Waals surface area contributed by atoms with Crippen molar-refractivity contribution in [2.24, 2.45) is 0 Å². The maximum absolute atomic E-state index is 11.8. The molecule has 0 fully saturated rings. The first-order valence-electron chi connectivity index (χ1n) is 6.61. The van der Waals surface area contributed by atoms with Crippen LogP contribution in [0.2, 0.25) is 10.0 Å². The summed E-state index contributed by atoms with van der Waals surface area (Å²) in [6, 6.07) is 8.71. The van der Waals surface area contributed by atoms with Gasteiger partial charge < -0.3 is 0 Å². The summed E-state index contributed by atoms with van der Waals surface area (Å²) in [6.07, 6.45) is 3.16. The van der Waals surface area contributed by atoms with Gasteiger partial charge >= 0.3 is 5.69 Å². The Hall–Kier alpha value is -2.15. The Bertz CT molecular complexity index is 947. The van der Waals surface area contributed by atoms with Crippen molar-refractivity contribution in [2.75, 3.05) is 0 Å². The highest BCUT2D eigenvalue weighted by atomic mass is 35.5. The molecule has 0 radical (unpaired) electrons. The Morgan fingerprint density at radius 2 is 1.83 bits per heavy atom. The Kier molecular flexibility index (Phi) is 5.77. The number of halogens is 3. The van der Waals surface area contributed by atoms with Crippen molar-refractivity contribution in [3.63, 3.8) is 0 Å². The highest BCUT2D eigenvalue weighted by molar-refractivity contribution is 6.36. The molecule has 2 aromatic heterocycles. The number of nitrogens with zero attached hydrogens (tertiary/aromatic N) is 3. The molecule has 9 heteroatoms. The lowest BCUT2D eigenvalue weighted by molar-refractivity contribution is 0.749. The van der Waals surface area contributed by atoms with Crippen LogP contribution in [0.25, 0.3) is 5.69 Å². The second-order valence-electron chi connectivity index (χ2n) is 4.74. The molecule has 0 saturated carbocycles. The molecule has 124 valence electrons. The number of rotatable bonds is 3. The van der Waals surface area contributed by atoms with Gasteiger partial charge in [0.1, 0.15) is 6.20 Å². The van der Waals surface area contributed by atoms with Crippen molar-refractivity contribution in [1.82, 2.24) is 19.7 Å². The first kappa shape index (κ1) is 18.2. The molecule has 6 nitrogen and oxygen atoms in total. The quantitative estimate of drug-likeness (QED) is 0.751. The summed E-state index contributed by atoms with van der Waals surface area (Å²) in [7, 11) is 0. The van der Waals surface area contributed by atoms with Gasteiger partial charge in [-0.1, -0.05) is 29.3 Å². The first-order valence-corrected chi connectivity index (χ1v) is 7.37. The van der Waals surface area contributed by atoms with E-state index in [9.17, 15) is 9.59 Å². The van der Waals surface area contributed by atoms with Crippen molar-refractivity contribution < 1.29 is 0 Å². The summed E-state index contributed by atoms with van der Waals surface area (Å²) in [4.78, 5) is 29.2. The third-order valence-electron chi connectivity index (χ3n) is 3.17. The van der Waals surface area contributed by atoms with E-state index in [-0.39, 0.29) is 12.4 Å². The monoisotopic (exact) mass is 384 g/mol. The number of aromatic nitrogens is 4. The average Bonchev–Trinajstić information content (AvgIpc) is 2.52. The van der Waals surface area contributed by atoms with E-state index in [1.54, 1.807) is 18.3 Å². The summed E-state index contributed by atoms with van der Waals surface area (Å²) in [6.45, 7) is 0. The van der Waals surface area contributed by atoms with E-state index in [0.29, 0.717) is 27.7 Å². The minimum Gasteiger partial charge on any atom is -0.271 e. The third kappa shape index (κ3) is 3.84. The summed E-state index contributed by atoms with van der Waals surface area (Å²) in [5.74, 6) is 0. The van der Waals surface area contributed by atoms with Crippen LogP contribution in [0.4, 0.5) is 0 Å². The molecule has 0 unspecified atom stereocenters. The number of aromatic amines is 1. The molecule has 0 saturated heterocycles. The van der Waals surface area contributed by atoms with Gasteiger partial charge in [-0.15, -0.1) is 12.4 Å². The molecular weight excluding hydrogens is 375 g/mol. The number of nitrogens with one attached hydrogen (secondary N) is 1. The Labute approximate surface area is 152 Å². The normalized spacial score (nSPS) is 10.2. The lowest BCUT2D eigenvalue weighted by Gasteiger charge is -2.10. The van der Waals surface area contributed by atoms with Crippen LogP contribution in [0, 0.1) is 0 Å². The number of benzene rings is 1. The van der Waals surface area contributed by atoms with Crippen molar-refractivity contribution >= 4 is 35.6 Å². The molecule has 0 aliphatic rings.